The Balaban J connectivity index is 2.81. The highest BCUT2D eigenvalue weighted by atomic mass is 16.2. The molecule has 0 aromatic rings. The standard InChI is InChI=1S/C13H23N3O3/c1-13(2,3)12(19)16(4)9-7-5-6-8(10(14)17)15-11(9)18/h8-9H,5-7H2,1-4H3,(H2,14,17)(H,15,18)/t8-,9-/m1/s1. The van der Waals surface area contributed by atoms with Gasteiger partial charge in [0.05, 0.1) is 0 Å². The average molecular weight is 269 g/mol. The Kier molecular flexibility index (Phi) is 4.55. The van der Waals surface area contributed by atoms with Gasteiger partial charge in [-0.15, -0.1) is 0 Å². The molecule has 1 rings (SSSR count). The fourth-order valence-corrected chi connectivity index (χ4v) is 2.24. The number of hydrogen-bond donors (Lipinski definition) is 2. The normalized spacial score (nSPS) is 24.3. The Morgan fingerprint density at radius 1 is 1.32 bits per heavy atom. The van der Waals surface area contributed by atoms with Gasteiger partial charge in [0, 0.05) is 12.5 Å². The van der Waals surface area contributed by atoms with Gasteiger partial charge in [-0.2, -0.15) is 0 Å². The van der Waals surface area contributed by atoms with Crippen LogP contribution in [0.1, 0.15) is 40.0 Å². The first-order valence-corrected chi connectivity index (χ1v) is 6.51. The van der Waals surface area contributed by atoms with Crippen LogP contribution < -0.4 is 11.1 Å². The molecule has 0 saturated carbocycles. The van der Waals surface area contributed by atoms with Crippen molar-refractivity contribution in [2.75, 3.05) is 7.05 Å². The molecule has 1 aliphatic rings. The highest BCUT2D eigenvalue weighted by Gasteiger charge is 2.35. The molecular weight excluding hydrogens is 246 g/mol. The second-order valence-electron chi connectivity index (χ2n) is 6.08. The molecule has 1 aliphatic heterocycles. The van der Waals surface area contributed by atoms with E-state index in [1.807, 2.05) is 20.8 Å². The van der Waals surface area contributed by atoms with Crippen LogP contribution in [-0.4, -0.2) is 41.8 Å². The van der Waals surface area contributed by atoms with Gasteiger partial charge < -0.3 is 16.0 Å². The number of rotatable bonds is 2. The van der Waals surface area contributed by atoms with E-state index >= 15 is 0 Å². The monoisotopic (exact) mass is 269 g/mol. The van der Waals surface area contributed by atoms with Crippen molar-refractivity contribution in [1.82, 2.24) is 10.2 Å². The van der Waals surface area contributed by atoms with E-state index in [-0.39, 0.29) is 11.8 Å². The molecule has 108 valence electrons. The lowest BCUT2D eigenvalue weighted by molar-refractivity contribution is -0.145. The number of nitrogens with zero attached hydrogens (tertiary/aromatic N) is 1. The van der Waals surface area contributed by atoms with Gasteiger partial charge in [-0.3, -0.25) is 14.4 Å². The highest BCUT2D eigenvalue weighted by Crippen LogP contribution is 2.21. The van der Waals surface area contributed by atoms with Crippen molar-refractivity contribution >= 4 is 17.7 Å². The first-order chi connectivity index (χ1) is 8.64. The molecule has 0 unspecified atom stereocenters. The molecule has 2 atom stereocenters. The Hall–Kier alpha value is -1.59. The van der Waals surface area contributed by atoms with Gasteiger partial charge in [-0.1, -0.05) is 20.8 Å². The quantitative estimate of drug-likeness (QED) is 0.739. The van der Waals surface area contributed by atoms with Gasteiger partial charge in [0.1, 0.15) is 12.1 Å². The summed E-state index contributed by atoms with van der Waals surface area (Å²) in [7, 11) is 1.63. The predicted molar refractivity (Wildman–Crippen MR) is 71.0 cm³/mol. The molecule has 0 bridgehead atoms. The molecule has 3 N–H and O–H groups in total. The smallest absolute Gasteiger partial charge is 0.243 e. The third-order valence-corrected chi connectivity index (χ3v) is 3.36. The summed E-state index contributed by atoms with van der Waals surface area (Å²) in [6, 6.07) is -1.16. The van der Waals surface area contributed by atoms with E-state index in [1.54, 1.807) is 7.05 Å². The maximum atomic E-state index is 12.2. The minimum atomic E-state index is -0.629. The van der Waals surface area contributed by atoms with E-state index in [0.29, 0.717) is 19.3 Å². The summed E-state index contributed by atoms with van der Waals surface area (Å²) >= 11 is 0. The molecule has 0 aromatic heterocycles. The summed E-state index contributed by atoms with van der Waals surface area (Å²) in [4.78, 5) is 36.9. The zero-order valence-electron chi connectivity index (χ0n) is 12.0. The summed E-state index contributed by atoms with van der Waals surface area (Å²) in [5, 5.41) is 2.61. The van der Waals surface area contributed by atoms with E-state index in [2.05, 4.69) is 5.32 Å². The molecule has 1 heterocycles. The minimum Gasteiger partial charge on any atom is -0.368 e. The SMILES string of the molecule is CN(C(=O)C(C)(C)C)[C@@H]1CCC[C@H](C(N)=O)NC1=O. The van der Waals surface area contributed by atoms with Crippen LogP contribution in [0.2, 0.25) is 0 Å². The van der Waals surface area contributed by atoms with Crippen LogP contribution in [0.15, 0.2) is 0 Å². The van der Waals surface area contributed by atoms with Crippen molar-refractivity contribution in [3.8, 4) is 0 Å². The van der Waals surface area contributed by atoms with E-state index in [9.17, 15) is 14.4 Å². The van der Waals surface area contributed by atoms with Crippen LogP contribution in [-0.2, 0) is 14.4 Å². The van der Waals surface area contributed by atoms with Crippen molar-refractivity contribution in [1.29, 1.82) is 0 Å². The van der Waals surface area contributed by atoms with Crippen molar-refractivity contribution in [3.05, 3.63) is 0 Å². The lowest BCUT2D eigenvalue weighted by Crippen LogP contribution is -2.53. The molecule has 1 fully saturated rings. The summed E-state index contributed by atoms with van der Waals surface area (Å²) in [6.45, 7) is 5.44. The number of primary amides is 1. The molecule has 0 radical (unpaired) electrons. The Labute approximate surface area is 113 Å². The Bertz CT molecular complexity index is 387. The number of likely N-dealkylation sites (N-methyl/N-ethyl adjacent to an activating group) is 1. The maximum absolute atomic E-state index is 12.2. The number of carbonyl (C=O) groups excluding carboxylic acids is 3. The summed E-state index contributed by atoms with van der Waals surface area (Å²) in [5.74, 6) is -0.926. The first kappa shape index (κ1) is 15.5. The van der Waals surface area contributed by atoms with E-state index in [4.69, 9.17) is 5.73 Å². The van der Waals surface area contributed by atoms with Crippen molar-refractivity contribution in [2.45, 2.75) is 52.1 Å². The second-order valence-corrected chi connectivity index (χ2v) is 6.08. The van der Waals surface area contributed by atoms with E-state index in [0.717, 1.165) is 0 Å². The van der Waals surface area contributed by atoms with Gasteiger partial charge in [-0.25, -0.2) is 0 Å². The lowest BCUT2D eigenvalue weighted by Gasteiger charge is -2.31. The molecular formula is C13H23N3O3. The van der Waals surface area contributed by atoms with Crippen LogP contribution in [0.3, 0.4) is 0 Å². The van der Waals surface area contributed by atoms with Crippen molar-refractivity contribution in [3.63, 3.8) is 0 Å². The fourth-order valence-electron chi connectivity index (χ4n) is 2.24. The largest absolute Gasteiger partial charge is 0.368 e. The van der Waals surface area contributed by atoms with Crippen molar-refractivity contribution in [2.24, 2.45) is 11.1 Å². The average Bonchev–Trinajstić information content (AvgIpc) is 2.48. The van der Waals surface area contributed by atoms with Gasteiger partial charge in [0.2, 0.25) is 17.7 Å². The van der Waals surface area contributed by atoms with Crippen LogP contribution in [0.4, 0.5) is 0 Å². The molecule has 0 aromatic carbocycles. The molecule has 1 saturated heterocycles. The Morgan fingerprint density at radius 3 is 2.37 bits per heavy atom. The zero-order chi connectivity index (χ0) is 14.8. The van der Waals surface area contributed by atoms with Crippen LogP contribution in [0, 0.1) is 5.41 Å². The topological polar surface area (TPSA) is 92.5 Å². The number of nitrogens with two attached hydrogens (primary N) is 1. The third kappa shape index (κ3) is 3.68. The Morgan fingerprint density at radius 2 is 1.89 bits per heavy atom. The van der Waals surface area contributed by atoms with Crippen LogP contribution in [0.5, 0.6) is 0 Å². The third-order valence-electron chi connectivity index (χ3n) is 3.36. The molecule has 19 heavy (non-hydrogen) atoms. The van der Waals surface area contributed by atoms with E-state index < -0.39 is 23.4 Å². The molecule has 3 amide bonds. The summed E-state index contributed by atoms with van der Waals surface area (Å²) < 4.78 is 0. The maximum Gasteiger partial charge on any atom is 0.243 e. The number of nitrogens with one attached hydrogen (secondary N) is 1. The zero-order valence-corrected chi connectivity index (χ0v) is 12.0. The molecule has 6 heteroatoms. The van der Waals surface area contributed by atoms with Crippen LogP contribution in [0.25, 0.3) is 0 Å². The van der Waals surface area contributed by atoms with Gasteiger partial charge in [0.25, 0.3) is 0 Å². The summed E-state index contributed by atoms with van der Waals surface area (Å²) in [5.41, 5.74) is 4.68. The first-order valence-electron chi connectivity index (χ1n) is 6.51. The number of hydrogen-bond acceptors (Lipinski definition) is 3. The second kappa shape index (κ2) is 5.59. The fraction of sp³-hybridized carbons (Fsp3) is 0.769. The summed E-state index contributed by atoms with van der Waals surface area (Å²) in [6.07, 6.45) is 1.75. The van der Waals surface area contributed by atoms with Gasteiger partial charge in [-0.05, 0) is 19.3 Å². The van der Waals surface area contributed by atoms with Gasteiger partial charge in [0.15, 0.2) is 0 Å². The molecule has 0 aliphatic carbocycles. The molecule has 0 spiro atoms. The van der Waals surface area contributed by atoms with E-state index in [1.165, 1.54) is 4.90 Å². The minimum absolute atomic E-state index is 0.0924. The highest BCUT2D eigenvalue weighted by molar-refractivity contribution is 5.92. The predicted octanol–water partition coefficient (Wildman–Crippen LogP) is 0.0135. The van der Waals surface area contributed by atoms with Crippen molar-refractivity contribution < 1.29 is 14.4 Å². The number of carbonyl (C=O) groups is 3. The lowest BCUT2D eigenvalue weighted by atomic mass is 9.93. The number of amides is 3. The molecule has 6 nitrogen and oxygen atoms in total. The van der Waals surface area contributed by atoms with Crippen LogP contribution >= 0.6 is 0 Å². The van der Waals surface area contributed by atoms with Gasteiger partial charge >= 0.3 is 0 Å².